The first-order valence-electron chi connectivity index (χ1n) is 8.37. The molecule has 0 unspecified atom stereocenters. The lowest BCUT2D eigenvalue weighted by atomic mass is 10.1. The predicted octanol–water partition coefficient (Wildman–Crippen LogP) is 4.81. The number of methoxy groups -OCH3 is 2. The fourth-order valence-corrected chi connectivity index (χ4v) is 2.85. The van der Waals surface area contributed by atoms with Crippen LogP contribution in [0.1, 0.15) is 23.0 Å². The van der Waals surface area contributed by atoms with Gasteiger partial charge in [0.05, 0.1) is 25.5 Å². The summed E-state index contributed by atoms with van der Waals surface area (Å²) < 4.78 is 16.3. The van der Waals surface area contributed by atoms with Crippen LogP contribution in [0.3, 0.4) is 0 Å². The quantitative estimate of drug-likeness (QED) is 0.602. The predicted molar refractivity (Wildman–Crippen MR) is 106 cm³/mol. The standard InChI is InChI=1S/C21H18ClNO5/c1-12(24)23-16-11-20(27-3)19(26-2)10-15(16)21(25)18-9-8-17(28-18)13-4-6-14(22)7-5-13/h4-11H,1-3H3,(H,23,24). The summed E-state index contributed by atoms with van der Waals surface area (Å²) in [6.07, 6.45) is 0. The van der Waals surface area contributed by atoms with Gasteiger partial charge in [0.25, 0.3) is 0 Å². The van der Waals surface area contributed by atoms with Crippen LogP contribution in [0.4, 0.5) is 5.69 Å². The van der Waals surface area contributed by atoms with E-state index in [1.54, 1.807) is 36.4 Å². The van der Waals surface area contributed by atoms with E-state index in [1.165, 1.54) is 33.3 Å². The molecule has 6 nitrogen and oxygen atoms in total. The molecule has 0 saturated heterocycles. The van der Waals surface area contributed by atoms with Crippen molar-refractivity contribution in [1.82, 2.24) is 0 Å². The van der Waals surface area contributed by atoms with Crippen LogP contribution in [-0.2, 0) is 4.79 Å². The number of hydrogen-bond donors (Lipinski definition) is 1. The summed E-state index contributed by atoms with van der Waals surface area (Å²) in [5, 5.41) is 3.25. The molecule has 0 radical (unpaired) electrons. The smallest absolute Gasteiger partial charge is 0.230 e. The first kappa shape index (κ1) is 19.5. The number of ketones is 1. The average Bonchev–Trinajstić information content (AvgIpc) is 3.17. The first-order valence-corrected chi connectivity index (χ1v) is 8.74. The minimum atomic E-state index is -0.398. The fraction of sp³-hybridized carbons (Fsp3) is 0.143. The number of carbonyl (C=O) groups is 2. The number of amides is 1. The largest absolute Gasteiger partial charge is 0.493 e. The monoisotopic (exact) mass is 399 g/mol. The zero-order valence-corrected chi connectivity index (χ0v) is 16.3. The lowest BCUT2D eigenvalue weighted by Gasteiger charge is -2.14. The van der Waals surface area contributed by atoms with E-state index >= 15 is 0 Å². The summed E-state index contributed by atoms with van der Waals surface area (Å²) in [4.78, 5) is 24.6. The number of hydrogen-bond acceptors (Lipinski definition) is 5. The Hall–Kier alpha value is -3.25. The maximum atomic E-state index is 13.1. The molecule has 1 heterocycles. The Morgan fingerprint density at radius 2 is 1.61 bits per heavy atom. The number of ether oxygens (including phenoxy) is 2. The molecule has 2 aromatic carbocycles. The van der Waals surface area contributed by atoms with E-state index in [4.69, 9.17) is 25.5 Å². The van der Waals surface area contributed by atoms with Crippen molar-refractivity contribution in [2.45, 2.75) is 6.92 Å². The van der Waals surface area contributed by atoms with E-state index < -0.39 is 5.78 Å². The van der Waals surface area contributed by atoms with Gasteiger partial charge in [-0.25, -0.2) is 0 Å². The van der Waals surface area contributed by atoms with Crippen molar-refractivity contribution in [3.8, 4) is 22.8 Å². The Morgan fingerprint density at radius 3 is 2.21 bits per heavy atom. The highest BCUT2D eigenvalue weighted by atomic mass is 35.5. The van der Waals surface area contributed by atoms with Crippen LogP contribution in [0.5, 0.6) is 11.5 Å². The lowest BCUT2D eigenvalue weighted by Crippen LogP contribution is -2.12. The van der Waals surface area contributed by atoms with Crippen LogP contribution in [0.2, 0.25) is 5.02 Å². The number of furan rings is 1. The molecule has 28 heavy (non-hydrogen) atoms. The van der Waals surface area contributed by atoms with Gasteiger partial charge in [-0.1, -0.05) is 11.6 Å². The minimum Gasteiger partial charge on any atom is -0.493 e. The third kappa shape index (κ3) is 4.02. The Labute approximate surface area is 167 Å². The van der Waals surface area contributed by atoms with Gasteiger partial charge >= 0.3 is 0 Å². The molecule has 3 aromatic rings. The molecule has 0 saturated carbocycles. The van der Waals surface area contributed by atoms with E-state index in [0.717, 1.165) is 5.56 Å². The molecular formula is C21H18ClNO5. The SMILES string of the molecule is COc1cc(NC(C)=O)c(C(=O)c2ccc(-c3ccc(Cl)cc3)o2)cc1OC. The zero-order valence-electron chi connectivity index (χ0n) is 15.5. The van der Waals surface area contributed by atoms with Crippen LogP contribution in [0.15, 0.2) is 52.9 Å². The molecule has 0 atom stereocenters. The molecule has 0 aliphatic carbocycles. The summed E-state index contributed by atoms with van der Waals surface area (Å²) in [6.45, 7) is 1.36. The van der Waals surface area contributed by atoms with Crippen LogP contribution >= 0.6 is 11.6 Å². The normalized spacial score (nSPS) is 10.4. The van der Waals surface area contributed by atoms with Crippen molar-refractivity contribution in [2.24, 2.45) is 0 Å². The number of rotatable bonds is 6. The summed E-state index contributed by atoms with van der Waals surface area (Å²) in [5.74, 6) is 0.700. The van der Waals surface area contributed by atoms with Gasteiger partial charge in [0.2, 0.25) is 11.7 Å². The van der Waals surface area contributed by atoms with Crippen LogP contribution in [0.25, 0.3) is 11.3 Å². The van der Waals surface area contributed by atoms with E-state index in [1.807, 2.05) is 0 Å². The fourth-order valence-electron chi connectivity index (χ4n) is 2.72. The second-order valence-corrected chi connectivity index (χ2v) is 6.37. The van der Waals surface area contributed by atoms with Crippen molar-refractivity contribution >= 4 is 29.0 Å². The third-order valence-electron chi connectivity index (χ3n) is 4.04. The summed E-state index contributed by atoms with van der Waals surface area (Å²) in [5.41, 5.74) is 1.32. The number of halogens is 1. The molecule has 144 valence electrons. The van der Waals surface area contributed by atoms with Gasteiger partial charge in [-0.2, -0.15) is 0 Å². The molecule has 1 aromatic heterocycles. The molecule has 0 aliphatic rings. The van der Waals surface area contributed by atoms with E-state index in [2.05, 4.69) is 5.32 Å². The number of nitrogens with one attached hydrogen (secondary N) is 1. The van der Waals surface area contributed by atoms with Gasteiger partial charge in [0, 0.05) is 23.6 Å². The molecule has 0 aliphatic heterocycles. The van der Waals surface area contributed by atoms with Crippen molar-refractivity contribution in [3.63, 3.8) is 0 Å². The van der Waals surface area contributed by atoms with E-state index in [9.17, 15) is 9.59 Å². The Bertz CT molecular complexity index is 1020. The summed E-state index contributed by atoms with van der Waals surface area (Å²) in [7, 11) is 2.94. The molecular weight excluding hydrogens is 382 g/mol. The summed E-state index contributed by atoms with van der Waals surface area (Å²) in [6, 6.07) is 13.4. The van der Waals surface area contributed by atoms with Crippen molar-refractivity contribution in [2.75, 3.05) is 19.5 Å². The molecule has 1 amide bonds. The lowest BCUT2D eigenvalue weighted by molar-refractivity contribution is -0.114. The molecule has 3 rings (SSSR count). The van der Waals surface area contributed by atoms with Gasteiger partial charge in [-0.15, -0.1) is 0 Å². The number of benzene rings is 2. The molecule has 7 heteroatoms. The van der Waals surface area contributed by atoms with Crippen molar-refractivity contribution < 1.29 is 23.5 Å². The summed E-state index contributed by atoms with van der Waals surface area (Å²) >= 11 is 5.91. The minimum absolute atomic E-state index is 0.128. The topological polar surface area (TPSA) is 77.8 Å². The molecule has 0 fully saturated rings. The average molecular weight is 400 g/mol. The molecule has 0 bridgehead atoms. The van der Waals surface area contributed by atoms with Crippen LogP contribution in [-0.4, -0.2) is 25.9 Å². The first-order chi connectivity index (χ1) is 13.4. The maximum Gasteiger partial charge on any atom is 0.230 e. The molecule has 1 N–H and O–H groups in total. The van der Waals surface area contributed by atoms with Crippen LogP contribution in [0, 0.1) is 0 Å². The highest BCUT2D eigenvalue weighted by Gasteiger charge is 2.22. The van der Waals surface area contributed by atoms with Crippen LogP contribution < -0.4 is 14.8 Å². The van der Waals surface area contributed by atoms with Gasteiger partial charge in [-0.3, -0.25) is 9.59 Å². The Kier molecular flexibility index (Phi) is 5.70. The van der Waals surface area contributed by atoms with Crippen molar-refractivity contribution in [3.05, 3.63) is 64.9 Å². The van der Waals surface area contributed by atoms with Crippen molar-refractivity contribution in [1.29, 1.82) is 0 Å². The van der Waals surface area contributed by atoms with Gasteiger partial charge < -0.3 is 19.2 Å². The second-order valence-electron chi connectivity index (χ2n) is 5.93. The molecule has 0 spiro atoms. The highest BCUT2D eigenvalue weighted by molar-refractivity contribution is 6.30. The number of carbonyl (C=O) groups excluding carboxylic acids is 2. The third-order valence-corrected chi connectivity index (χ3v) is 4.29. The van der Waals surface area contributed by atoms with Gasteiger partial charge in [0.1, 0.15) is 5.76 Å². The van der Waals surface area contributed by atoms with E-state index in [-0.39, 0.29) is 17.2 Å². The van der Waals surface area contributed by atoms with Gasteiger partial charge in [0.15, 0.2) is 17.3 Å². The zero-order chi connectivity index (χ0) is 20.3. The Morgan fingerprint density at radius 1 is 0.964 bits per heavy atom. The highest BCUT2D eigenvalue weighted by Crippen LogP contribution is 2.35. The number of anilines is 1. The Balaban J connectivity index is 2.01. The van der Waals surface area contributed by atoms with E-state index in [0.29, 0.717) is 28.0 Å². The maximum absolute atomic E-state index is 13.1. The second kappa shape index (κ2) is 8.19. The van der Waals surface area contributed by atoms with Gasteiger partial charge in [-0.05, 0) is 42.5 Å².